The molecule has 13 heavy (non-hydrogen) atoms. The Balaban J connectivity index is 1.87. The molecule has 2 heterocycles. The van der Waals surface area contributed by atoms with Crippen LogP contribution in [-0.2, 0) is 4.74 Å². The quantitative estimate of drug-likeness (QED) is 0.637. The molecule has 0 bridgehead atoms. The van der Waals surface area contributed by atoms with Gasteiger partial charge in [-0.2, -0.15) is 0 Å². The van der Waals surface area contributed by atoms with Gasteiger partial charge in [-0.1, -0.05) is 0 Å². The van der Waals surface area contributed by atoms with Crippen molar-refractivity contribution in [1.29, 1.82) is 0 Å². The number of carbonyl (C=O) groups excluding carboxylic acids is 1. The van der Waals surface area contributed by atoms with Crippen LogP contribution >= 0.6 is 0 Å². The van der Waals surface area contributed by atoms with Gasteiger partial charge >= 0.3 is 6.09 Å². The van der Waals surface area contributed by atoms with Crippen LogP contribution in [0, 0.1) is 11.8 Å². The van der Waals surface area contributed by atoms with E-state index in [4.69, 9.17) is 4.74 Å². The van der Waals surface area contributed by atoms with Crippen LogP contribution in [0.5, 0.6) is 0 Å². The number of amides is 1. The van der Waals surface area contributed by atoms with Crippen molar-refractivity contribution in [2.45, 2.75) is 6.92 Å². The second kappa shape index (κ2) is 3.54. The van der Waals surface area contributed by atoms with E-state index in [0.717, 1.165) is 26.2 Å². The molecule has 0 spiro atoms. The monoisotopic (exact) mass is 184 g/mol. The molecule has 4 heteroatoms. The van der Waals surface area contributed by atoms with Crippen molar-refractivity contribution in [3.63, 3.8) is 0 Å². The molecule has 0 aromatic carbocycles. The van der Waals surface area contributed by atoms with Gasteiger partial charge in [0.1, 0.15) is 0 Å². The summed E-state index contributed by atoms with van der Waals surface area (Å²) < 4.78 is 4.96. The van der Waals surface area contributed by atoms with Crippen molar-refractivity contribution in [2.75, 3.05) is 32.8 Å². The van der Waals surface area contributed by atoms with Crippen LogP contribution in [0.25, 0.3) is 0 Å². The van der Waals surface area contributed by atoms with Crippen LogP contribution in [0.2, 0.25) is 0 Å². The van der Waals surface area contributed by atoms with Gasteiger partial charge in [-0.3, -0.25) is 0 Å². The zero-order chi connectivity index (χ0) is 9.26. The molecule has 0 aliphatic carbocycles. The van der Waals surface area contributed by atoms with Gasteiger partial charge in [0.15, 0.2) is 0 Å². The van der Waals surface area contributed by atoms with Crippen LogP contribution in [0.3, 0.4) is 0 Å². The Hall–Kier alpha value is -0.770. The van der Waals surface area contributed by atoms with E-state index in [0.29, 0.717) is 18.4 Å². The lowest BCUT2D eigenvalue weighted by Crippen LogP contribution is -2.32. The van der Waals surface area contributed by atoms with Crippen molar-refractivity contribution in [3.05, 3.63) is 0 Å². The fourth-order valence-corrected chi connectivity index (χ4v) is 2.22. The van der Waals surface area contributed by atoms with Crippen molar-refractivity contribution in [2.24, 2.45) is 11.8 Å². The van der Waals surface area contributed by atoms with E-state index < -0.39 is 0 Å². The Morgan fingerprint density at radius 3 is 2.62 bits per heavy atom. The number of nitrogens with one attached hydrogen (secondary N) is 1. The molecule has 2 rings (SSSR count). The molecule has 1 N–H and O–H groups in total. The maximum Gasteiger partial charge on any atom is 0.409 e. The van der Waals surface area contributed by atoms with Crippen molar-refractivity contribution in [3.8, 4) is 0 Å². The fraction of sp³-hybridized carbons (Fsp3) is 0.889. The Morgan fingerprint density at radius 2 is 2.08 bits per heavy atom. The SMILES string of the molecule is CCOC(=O)N1C[C@H]2CNC[C@@H]2C1. The summed E-state index contributed by atoms with van der Waals surface area (Å²) in [5.41, 5.74) is 0. The van der Waals surface area contributed by atoms with Crippen molar-refractivity contribution >= 4 is 6.09 Å². The van der Waals surface area contributed by atoms with Gasteiger partial charge in [0.05, 0.1) is 6.61 Å². The van der Waals surface area contributed by atoms with Gasteiger partial charge in [-0.05, 0) is 18.8 Å². The smallest absolute Gasteiger partial charge is 0.409 e. The van der Waals surface area contributed by atoms with E-state index in [-0.39, 0.29) is 6.09 Å². The first-order valence-electron chi connectivity index (χ1n) is 4.93. The second-order valence-corrected chi connectivity index (χ2v) is 3.78. The third-order valence-corrected chi connectivity index (χ3v) is 2.92. The molecule has 2 saturated heterocycles. The molecule has 0 radical (unpaired) electrons. The van der Waals surface area contributed by atoms with Crippen LogP contribution in [0.4, 0.5) is 4.79 Å². The minimum atomic E-state index is -0.142. The molecule has 0 aromatic rings. The molecular formula is C9H16N2O2. The highest BCUT2D eigenvalue weighted by Gasteiger charge is 2.38. The zero-order valence-electron chi connectivity index (χ0n) is 7.95. The summed E-state index contributed by atoms with van der Waals surface area (Å²) >= 11 is 0. The molecular weight excluding hydrogens is 168 g/mol. The first-order valence-corrected chi connectivity index (χ1v) is 4.93. The average molecular weight is 184 g/mol. The van der Waals surface area contributed by atoms with Crippen molar-refractivity contribution in [1.82, 2.24) is 10.2 Å². The maximum absolute atomic E-state index is 11.4. The Bertz CT molecular complexity index is 196. The van der Waals surface area contributed by atoms with Gasteiger partial charge in [0, 0.05) is 26.2 Å². The molecule has 0 saturated carbocycles. The largest absolute Gasteiger partial charge is 0.450 e. The predicted molar refractivity (Wildman–Crippen MR) is 48.4 cm³/mol. The lowest BCUT2D eigenvalue weighted by molar-refractivity contribution is 0.113. The summed E-state index contributed by atoms with van der Waals surface area (Å²) in [5, 5.41) is 3.34. The number of hydrogen-bond donors (Lipinski definition) is 1. The number of rotatable bonds is 1. The zero-order valence-corrected chi connectivity index (χ0v) is 7.95. The van der Waals surface area contributed by atoms with Gasteiger partial charge in [0.25, 0.3) is 0 Å². The molecule has 4 nitrogen and oxygen atoms in total. The van der Waals surface area contributed by atoms with E-state index in [2.05, 4.69) is 5.32 Å². The lowest BCUT2D eigenvalue weighted by atomic mass is 10.0. The Morgan fingerprint density at radius 1 is 1.46 bits per heavy atom. The topological polar surface area (TPSA) is 41.6 Å². The van der Waals surface area contributed by atoms with Crippen LogP contribution in [0.15, 0.2) is 0 Å². The minimum Gasteiger partial charge on any atom is -0.450 e. The second-order valence-electron chi connectivity index (χ2n) is 3.78. The normalized spacial score (nSPS) is 31.9. The Labute approximate surface area is 78.2 Å². The first kappa shape index (κ1) is 8.81. The molecule has 74 valence electrons. The lowest BCUT2D eigenvalue weighted by Gasteiger charge is -2.16. The third-order valence-electron chi connectivity index (χ3n) is 2.92. The molecule has 2 fully saturated rings. The highest BCUT2D eigenvalue weighted by Crippen LogP contribution is 2.26. The van der Waals surface area contributed by atoms with Crippen LogP contribution < -0.4 is 5.32 Å². The number of hydrogen-bond acceptors (Lipinski definition) is 3. The highest BCUT2D eigenvalue weighted by atomic mass is 16.6. The van der Waals surface area contributed by atoms with Gasteiger partial charge < -0.3 is 15.0 Å². The van der Waals surface area contributed by atoms with Crippen molar-refractivity contribution < 1.29 is 9.53 Å². The number of likely N-dealkylation sites (tertiary alicyclic amines) is 1. The minimum absolute atomic E-state index is 0.142. The third kappa shape index (κ3) is 1.63. The summed E-state index contributed by atoms with van der Waals surface area (Å²) in [6.45, 7) is 6.17. The van der Waals surface area contributed by atoms with E-state index >= 15 is 0 Å². The molecule has 2 aliphatic rings. The summed E-state index contributed by atoms with van der Waals surface area (Å²) in [5.74, 6) is 1.31. The summed E-state index contributed by atoms with van der Waals surface area (Å²) in [4.78, 5) is 13.2. The predicted octanol–water partition coefficient (Wildman–Crippen LogP) is 0.294. The van der Waals surface area contributed by atoms with Gasteiger partial charge in [-0.15, -0.1) is 0 Å². The molecule has 0 unspecified atom stereocenters. The van der Waals surface area contributed by atoms with Crippen LogP contribution in [-0.4, -0.2) is 43.8 Å². The molecule has 0 aromatic heterocycles. The Kier molecular flexibility index (Phi) is 2.40. The number of ether oxygens (including phenoxy) is 1. The maximum atomic E-state index is 11.4. The molecule has 2 aliphatic heterocycles. The highest BCUT2D eigenvalue weighted by molar-refractivity contribution is 5.68. The van der Waals surface area contributed by atoms with E-state index in [1.54, 1.807) is 0 Å². The first-order chi connectivity index (χ1) is 6.31. The fourth-order valence-electron chi connectivity index (χ4n) is 2.22. The molecule has 1 amide bonds. The summed E-state index contributed by atoms with van der Waals surface area (Å²) in [7, 11) is 0. The average Bonchev–Trinajstić information content (AvgIpc) is 2.61. The standard InChI is InChI=1S/C9H16N2O2/c1-2-13-9(12)11-5-7-3-10-4-8(7)6-11/h7-8,10H,2-6H2,1H3/t7-,8-/m1/s1. The van der Waals surface area contributed by atoms with Gasteiger partial charge in [-0.25, -0.2) is 4.79 Å². The summed E-state index contributed by atoms with van der Waals surface area (Å²) in [6.07, 6.45) is -0.142. The number of nitrogens with zero attached hydrogens (tertiary/aromatic N) is 1. The van der Waals surface area contributed by atoms with E-state index in [9.17, 15) is 4.79 Å². The van der Waals surface area contributed by atoms with Gasteiger partial charge in [0.2, 0.25) is 0 Å². The summed E-state index contributed by atoms with van der Waals surface area (Å²) in [6, 6.07) is 0. The van der Waals surface area contributed by atoms with Crippen LogP contribution in [0.1, 0.15) is 6.92 Å². The van der Waals surface area contributed by atoms with E-state index in [1.807, 2.05) is 11.8 Å². The number of carbonyl (C=O) groups is 1. The molecule has 2 atom stereocenters. The van der Waals surface area contributed by atoms with E-state index in [1.165, 1.54) is 0 Å². The number of fused-ring (bicyclic) bond motifs is 1.